The van der Waals surface area contributed by atoms with Crippen LogP contribution in [0.3, 0.4) is 0 Å². The molecule has 1 atom stereocenters. The normalized spacial score (nSPS) is 19.4. The molecule has 7 heteroatoms. The van der Waals surface area contributed by atoms with Gasteiger partial charge in [-0.15, -0.1) is 0 Å². The van der Waals surface area contributed by atoms with Crippen LogP contribution < -0.4 is 10.0 Å². The lowest BCUT2D eigenvalue weighted by Crippen LogP contribution is -2.35. The van der Waals surface area contributed by atoms with Crippen molar-refractivity contribution in [1.29, 1.82) is 0 Å². The minimum Gasteiger partial charge on any atom is -0.380 e. The SMILES string of the molecule is CNCc1cc(Cl)cc(S(=O)(=O)NC2CCOC2)c1C. The first-order valence-electron chi connectivity index (χ1n) is 6.47. The molecular formula is C13H19ClN2O3S. The summed E-state index contributed by atoms with van der Waals surface area (Å²) in [7, 11) is -1.77. The fourth-order valence-electron chi connectivity index (χ4n) is 2.27. The van der Waals surface area contributed by atoms with Gasteiger partial charge in [-0.3, -0.25) is 0 Å². The smallest absolute Gasteiger partial charge is 0.241 e. The van der Waals surface area contributed by atoms with Crippen molar-refractivity contribution in [3.63, 3.8) is 0 Å². The van der Waals surface area contributed by atoms with Gasteiger partial charge in [-0.2, -0.15) is 0 Å². The van der Waals surface area contributed by atoms with Crippen LogP contribution in [0.2, 0.25) is 5.02 Å². The zero-order chi connectivity index (χ0) is 14.8. The Hall–Kier alpha value is -0.660. The minimum absolute atomic E-state index is 0.161. The molecule has 1 unspecified atom stereocenters. The molecule has 1 aliphatic heterocycles. The monoisotopic (exact) mass is 318 g/mol. The standard InChI is InChI=1S/C13H19ClN2O3S/c1-9-10(7-15-2)5-11(14)6-13(9)20(17,18)16-12-3-4-19-8-12/h5-6,12,15-16H,3-4,7-8H2,1-2H3. The van der Waals surface area contributed by atoms with Crippen molar-refractivity contribution in [3.05, 3.63) is 28.3 Å². The Morgan fingerprint density at radius 3 is 2.80 bits per heavy atom. The van der Waals surface area contributed by atoms with Gasteiger partial charge in [0.05, 0.1) is 11.5 Å². The van der Waals surface area contributed by atoms with Crippen LogP contribution in [0.5, 0.6) is 0 Å². The van der Waals surface area contributed by atoms with Gasteiger partial charge >= 0.3 is 0 Å². The molecule has 2 N–H and O–H groups in total. The first-order valence-corrected chi connectivity index (χ1v) is 8.34. The van der Waals surface area contributed by atoms with E-state index in [-0.39, 0.29) is 10.9 Å². The number of hydrogen-bond donors (Lipinski definition) is 2. The van der Waals surface area contributed by atoms with Crippen LogP contribution in [0.15, 0.2) is 17.0 Å². The molecule has 1 fully saturated rings. The molecule has 0 amide bonds. The maximum absolute atomic E-state index is 12.5. The summed E-state index contributed by atoms with van der Waals surface area (Å²) in [5.74, 6) is 0. The Labute approximate surface area is 124 Å². The van der Waals surface area contributed by atoms with E-state index in [0.717, 1.165) is 11.1 Å². The number of ether oxygens (including phenoxy) is 1. The molecule has 0 saturated carbocycles. The zero-order valence-electron chi connectivity index (χ0n) is 11.6. The summed E-state index contributed by atoms with van der Waals surface area (Å²) in [6.07, 6.45) is 0.697. The second-order valence-corrected chi connectivity index (χ2v) is 7.02. The van der Waals surface area contributed by atoms with Crippen LogP contribution in [-0.4, -0.2) is 34.7 Å². The van der Waals surface area contributed by atoms with Crippen molar-refractivity contribution >= 4 is 21.6 Å². The van der Waals surface area contributed by atoms with Crippen molar-refractivity contribution < 1.29 is 13.2 Å². The highest BCUT2D eigenvalue weighted by Crippen LogP contribution is 2.25. The van der Waals surface area contributed by atoms with E-state index in [1.807, 2.05) is 7.05 Å². The van der Waals surface area contributed by atoms with Gasteiger partial charge in [0.25, 0.3) is 0 Å². The van der Waals surface area contributed by atoms with Crippen LogP contribution in [0.4, 0.5) is 0 Å². The van der Waals surface area contributed by atoms with Gasteiger partial charge in [-0.05, 0) is 43.7 Å². The lowest BCUT2D eigenvalue weighted by molar-refractivity contribution is 0.192. The molecule has 0 spiro atoms. The lowest BCUT2D eigenvalue weighted by atomic mass is 10.1. The first kappa shape index (κ1) is 15.7. The quantitative estimate of drug-likeness (QED) is 0.862. The molecule has 0 aromatic heterocycles. The third-order valence-corrected chi connectivity index (χ3v) is 5.21. The molecule has 2 rings (SSSR count). The second kappa shape index (κ2) is 6.41. The van der Waals surface area contributed by atoms with Crippen LogP contribution in [0.1, 0.15) is 17.5 Å². The van der Waals surface area contributed by atoms with Crippen molar-refractivity contribution in [2.24, 2.45) is 0 Å². The molecule has 1 aromatic rings. The highest BCUT2D eigenvalue weighted by Gasteiger charge is 2.25. The Kier molecular flexibility index (Phi) is 5.04. The molecule has 0 radical (unpaired) electrons. The zero-order valence-corrected chi connectivity index (χ0v) is 13.1. The maximum Gasteiger partial charge on any atom is 0.241 e. The number of benzene rings is 1. The van der Waals surface area contributed by atoms with Gasteiger partial charge in [-0.25, -0.2) is 13.1 Å². The highest BCUT2D eigenvalue weighted by molar-refractivity contribution is 7.89. The third kappa shape index (κ3) is 3.51. The maximum atomic E-state index is 12.5. The molecule has 112 valence electrons. The van der Waals surface area contributed by atoms with Crippen molar-refractivity contribution in [3.8, 4) is 0 Å². The van der Waals surface area contributed by atoms with E-state index in [0.29, 0.717) is 31.2 Å². The summed E-state index contributed by atoms with van der Waals surface area (Å²) in [5.41, 5.74) is 1.60. The topological polar surface area (TPSA) is 67.4 Å². The predicted molar refractivity (Wildman–Crippen MR) is 78.5 cm³/mol. The van der Waals surface area contributed by atoms with Gasteiger partial charge < -0.3 is 10.1 Å². The Bertz CT molecular complexity index is 584. The summed E-state index contributed by atoms with van der Waals surface area (Å²) in [4.78, 5) is 0.238. The average molecular weight is 319 g/mol. The van der Waals surface area contributed by atoms with Crippen molar-refractivity contribution in [1.82, 2.24) is 10.0 Å². The van der Waals surface area contributed by atoms with Gasteiger partial charge in [0.2, 0.25) is 10.0 Å². The first-order chi connectivity index (χ1) is 9.44. The van der Waals surface area contributed by atoms with Gasteiger partial charge in [0.1, 0.15) is 0 Å². The fourth-order valence-corrected chi connectivity index (χ4v) is 4.15. The van der Waals surface area contributed by atoms with Gasteiger partial charge in [0, 0.05) is 24.2 Å². The fraction of sp³-hybridized carbons (Fsp3) is 0.538. The van der Waals surface area contributed by atoms with E-state index < -0.39 is 10.0 Å². The van der Waals surface area contributed by atoms with E-state index >= 15 is 0 Å². The molecule has 20 heavy (non-hydrogen) atoms. The van der Waals surface area contributed by atoms with E-state index in [9.17, 15) is 8.42 Å². The van der Waals surface area contributed by atoms with Gasteiger partial charge in [-0.1, -0.05) is 11.6 Å². The van der Waals surface area contributed by atoms with Crippen LogP contribution in [0.25, 0.3) is 0 Å². The summed E-state index contributed by atoms with van der Waals surface area (Å²) in [6, 6.07) is 3.12. The van der Waals surface area contributed by atoms with E-state index in [1.54, 1.807) is 13.0 Å². The average Bonchev–Trinajstić information content (AvgIpc) is 2.85. The molecule has 0 aliphatic carbocycles. The number of halogens is 1. The van der Waals surface area contributed by atoms with E-state index in [4.69, 9.17) is 16.3 Å². The van der Waals surface area contributed by atoms with E-state index in [1.165, 1.54) is 6.07 Å². The summed E-state index contributed by atoms with van der Waals surface area (Å²) in [6.45, 7) is 3.37. The number of hydrogen-bond acceptors (Lipinski definition) is 4. The molecule has 0 bridgehead atoms. The minimum atomic E-state index is -3.58. The largest absolute Gasteiger partial charge is 0.380 e. The van der Waals surface area contributed by atoms with Crippen LogP contribution in [-0.2, 0) is 21.3 Å². The van der Waals surface area contributed by atoms with Crippen molar-refractivity contribution in [2.75, 3.05) is 20.3 Å². The third-order valence-electron chi connectivity index (χ3n) is 3.34. The highest BCUT2D eigenvalue weighted by atomic mass is 35.5. The van der Waals surface area contributed by atoms with E-state index in [2.05, 4.69) is 10.0 Å². The summed E-state index contributed by atoms with van der Waals surface area (Å²) in [5, 5.41) is 3.43. The molecular weight excluding hydrogens is 300 g/mol. The van der Waals surface area contributed by atoms with Crippen molar-refractivity contribution in [2.45, 2.75) is 30.8 Å². The summed E-state index contributed by atoms with van der Waals surface area (Å²) >= 11 is 6.04. The lowest BCUT2D eigenvalue weighted by Gasteiger charge is -2.16. The summed E-state index contributed by atoms with van der Waals surface area (Å²) < 4.78 is 32.8. The predicted octanol–water partition coefficient (Wildman–Crippen LogP) is 1.44. The van der Waals surface area contributed by atoms with Crippen LogP contribution in [0, 0.1) is 6.92 Å². The molecule has 5 nitrogen and oxygen atoms in total. The Morgan fingerprint density at radius 2 is 2.20 bits per heavy atom. The molecule has 1 aromatic carbocycles. The van der Waals surface area contributed by atoms with Gasteiger partial charge in [0.15, 0.2) is 0 Å². The van der Waals surface area contributed by atoms with Crippen LogP contribution >= 0.6 is 11.6 Å². The number of rotatable bonds is 5. The second-order valence-electron chi connectivity index (χ2n) is 4.90. The Balaban J connectivity index is 2.34. The number of sulfonamides is 1. The number of nitrogens with one attached hydrogen (secondary N) is 2. The molecule has 1 heterocycles. The Morgan fingerprint density at radius 1 is 1.45 bits per heavy atom. The molecule has 1 aliphatic rings. The molecule has 1 saturated heterocycles.